The maximum absolute atomic E-state index is 12.1. The average Bonchev–Trinajstić information content (AvgIpc) is 2.57. The van der Waals surface area contributed by atoms with Crippen LogP contribution in [0.15, 0.2) is 30.3 Å². The summed E-state index contributed by atoms with van der Waals surface area (Å²) < 4.78 is 4.88. The normalized spacial score (nSPS) is 10.3. The average molecular weight is 398 g/mol. The van der Waals surface area contributed by atoms with Crippen LogP contribution < -0.4 is 11.1 Å². The lowest BCUT2D eigenvalue weighted by Crippen LogP contribution is -2.22. The van der Waals surface area contributed by atoms with Gasteiger partial charge in [-0.05, 0) is 24.6 Å². The van der Waals surface area contributed by atoms with Crippen LogP contribution in [0.1, 0.15) is 15.9 Å². The number of hydrogen-bond donors (Lipinski definition) is 2. The van der Waals surface area contributed by atoms with E-state index in [2.05, 4.69) is 5.32 Å². The van der Waals surface area contributed by atoms with Crippen LogP contribution in [-0.4, -0.2) is 23.4 Å². The van der Waals surface area contributed by atoms with Gasteiger partial charge in [-0.1, -0.05) is 35.3 Å². The number of carbonyl (C=O) groups is 2. The van der Waals surface area contributed by atoms with E-state index in [9.17, 15) is 19.7 Å². The molecule has 2 rings (SSSR count). The number of carbonyl (C=O) groups excluding carboxylic acids is 2. The van der Waals surface area contributed by atoms with Crippen LogP contribution in [0.2, 0.25) is 10.0 Å². The number of rotatable bonds is 5. The predicted octanol–water partition coefficient (Wildman–Crippen LogP) is 3.59. The number of anilines is 2. The number of hydrogen-bond acceptors (Lipinski definition) is 6. The van der Waals surface area contributed by atoms with Crippen LogP contribution in [0.3, 0.4) is 0 Å². The Morgan fingerprint density at radius 1 is 1.31 bits per heavy atom. The van der Waals surface area contributed by atoms with E-state index in [1.54, 1.807) is 13.0 Å². The second kappa shape index (κ2) is 8.03. The monoisotopic (exact) mass is 397 g/mol. The van der Waals surface area contributed by atoms with Crippen molar-refractivity contribution in [2.24, 2.45) is 0 Å². The van der Waals surface area contributed by atoms with Gasteiger partial charge >= 0.3 is 5.97 Å². The Labute approximate surface area is 158 Å². The fourth-order valence-corrected chi connectivity index (χ4v) is 2.60. The van der Waals surface area contributed by atoms with Gasteiger partial charge in [0.2, 0.25) is 0 Å². The van der Waals surface area contributed by atoms with E-state index >= 15 is 0 Å². The molecule has 0 aliphatic carbocycles. The highest BCUT2D eigenvalue weighted by molar-refractivity contribution is 6.37. The number of aryl methyl sites for hydroxylation is 1. The molecule has 3 N–H and O–H groups in total. The minimum atomic E-state index is -0.902. The zero-order valence-corrected chi connectivity index (χ0v) is 14.9. The van der Waals surface area contributed by atoms with Crippen molar-refractivity contribution in [3.63, 3.8) is 0 Å². The summed E-state index contributed by atoms with van der Waals surface area (Å²) in [4.78, 5) is 34.5. The number of benzene rings is 2. The molecule has 136 valence electrons. The molecule has 0 atom stereocenters. The molecule has 0 saturated heterocycles. The molecule has 0 aromatic heterocycles. The Balaban J connectivity index is 2.09. The number of nitrogens with one attached hydrogen (secondary N) is 1. The summed E-state index contributed by atoms with van der Waals surface area (Å²) >= 11 is 11.6. The van der Waals surface area contributed by atoms with Gasteiger partial charge in [-0.25, -0.2) is 4.79 Å². The number of ether oxygens (including phenoxy) is 1. The number of nitrogen functional groups attached to an aromatic ring is 1. The van der Waals surface area contributed by atoms with Crippen molar-refractivity contribution in [2.75, 3.05) is 17.7 Å². The fraction of sp³-hybridized carbons (Fsp3) is 0.125. The lowest BCUT2D eigenvalue weighted by Gasteiger charge is -2.10. The molecule has 0 bridgehead atoms. The number of amides is 1. The van der Waals surface area contributed by atoms with Gasteiger partial charge < -0.3 is 15.8 Å². The molecule has 0 aliphatic rings. The number of nitrogens with two attached hydrogens (primary N) is 1. The smallest absolute Gasteiger partial charge is 0.340 e. The third-order valence-corrected chi connectivity index (χ3v) is 3.89. The molecular formula is C16H13Cl2N3O5. The summed E-state index contributed by atoms with van der Waals surface area (Å²) in [7, 11) is 0. The summed E-state index contributed by atoms with van der Waals surface area (Å²) in [6.07, 6.45) is 0. The molecule has 0 aliphatic heterocycles. The van der Waals surface area contributed by atoms with Crippen molar-refractivity contribution in [1.29, 1.82) is 0 Å². The van der Waals surface area contributed by atoms with Crippen LogP contribution in [-0.2, 0) is 9.53 Å². The van der Waals surface area contributed by atoms with Crippen molar-refractivity contribution in [3.05, 3.63) is 61.6 Å². The Kier molecular flexibility index (Phi) is 6.01. The standard InChI is InChI=1S/C16H13Cl2N3O5/c1-8-3-2-4-12(21(24)25)15(8)20-13(22)7-26-16(23)10-5-9(17)6-11(18)14(10)19/h2-6H,7,19H2,1H3,(H,20,22). The van der Waals surface area contributed by atoms with E-state index in [1.165, 1.54) is 24.3 Å². The molecule has 10 heteroatoms. The largest absolute Gasteiger partial charge is 0.452 e. The SMILES string of the molecule is Cc1cccc([N+](=O)[O-])c1NC(=O)COC(=O)c1cc(Cl)cc(Cl)c1N. The van der Waals surface area contributed by atoms with E-state index in [1.807, 2.05) is 0 Å². The van der Waals surface area contributed by atoms with Crippen molar-refractivity contribution >= 4 is 52.1 Å². The van der Waals surface area contributed by atoms with Gasteiger partial charge in [-0.2, -0.15) is 0 Å². The lowest BCUT2D eigenvalue weighted by atomic mass is 10.1. The second-order valence-corrected chi connectivity index (χ2v) is 6.04. The molecule has 0 saturated carbocycles. The Bertz CT molecular complexity index is 902. The van der Waals surface area contributed by atoms with Gasteiger partial charge in [0.05, 0.1) is 21.2 Å². The molecule has 26 heavy (non-hydrogen) atoms. The van der Waals surface area contributed by atoms with Gasteiger partial charge in [0.15, 0.2) is 6.61 Å². The van der Waals surface area contributed by atoms with E-state index < -0.39 is 23.4 Å². The molecule has 0 unspecified atom stereocenters. The van der Waals surface area contributed by atoms with Gasteiger partial charge in [0.25, 0.3) is 11.6 Å². The van der Waals surface area contributed by atoms with Crippen LogP contribution in [0.4, 0.5) is 17.1 Å². The minimum absolute atomic E-state index is 0.0314. The minimum Gasteiger partial charge on any atom is -0.452 e. The van der Waals surface area contributed by atoms with Crippen molar-refractivity contribution < 1.29 is 19.2 Å². The zero-order valence-electron chi connectivity index (χ0n) is 13.4. The third kappa shape index (κ3) is 4.41. The van der Waals surface area contributed by atoms with Crippen LogP contribution >= 0.6 is 23.2 Å². The van der Waals surface area contributed by atoms with Gasteiger partial charge in [0, 0.05) is 11.1 Å². The molecule has 1 amide bonds. The number of halogens is 2. The Hall–Kier alpha value is -2.84. The number of nitro benzene ring substituents is 1. The third-order valence-electron chi connectivity index (χ3n) is 3.36. The number of esters is 1. The number of para-hydroxylation sites is 1. The first-order chi connectivity index (χ1) is 12.2. The Morgan fingerprint density at radius 3 is 2.65 bits per heavy atom. The highest BCUT2D eigenvalue weighted by Crippen LogP contribution is 2.29. The number of nitrogens with zero attached hydrogens (tertiary/aromatic N) is 1. The summed E-state index contributed by atoms with van der Waals surface area (Å²) in [5, 5.41) is 13.7. The molecule has 0 spiro atoms. The molecule has 0 radical (unpaired) electrons. The first kappa shape index (κ1) is 19.5. The topological polar surface area (TPSA) is 125 Å². The highest BCUT2D eigenvalue weighted by atomic mass is 35.5. The van der Waals surface area contributed by atoms with Gasteiger partial charge in [0.1, 0.15) is 5.69 Å². The first-order valence-electron chi connectivity index (χ1n) is 7.16. The molecule has 8 nitrogen and oxygen atoms in total. The quantitative estimate of drug-likeness (QED) is 0.343. The second-order valence-electron chi connectivity index (χ2n) is 5.20. The predicted molar refractivity (Wildman–Crippen MR) is 97.6 cm³/mol. The Morgan fingerprint density at radius 2 is 2.00 bits per heavy atom. The van der Waals surface area contributed by atoms with Crippen LogP contribution in [0, 0.1) is 17.0 Å². The summed E-state index contributed by atoms with van der Waals surface area (Å²) in [5.74, 6) is -1.65. The van der Waals surface area contributed by atoms with E-state index in [0.717, 1.165) is 0 Å². The molecule has 0 fully saturated rings. The maximum Gasteiger partial charge on any atom is 0.340 e. The van der Waals surface area contributed by atoms with Gasteiger partial charge in [-0.3, -0.25) is 14.9 Å². The molecule has 2 aromatic rings. The summed E-state index contributed by atoms with van der Waals surface area (Å²) in [5.41, 5.74) is 5.82. The lowest BCUT2D eigenvalue weighted by molar-refractivity contribution is -0.384. The van der Waals surface area contributed by atoms with E-state index in [-0.39, 0.29) is 32.7 Å². The fourth-order valence-electron chi connectivity index (χ4n) is 2.11. The summed E-state index contributed by atoms with van der Waals surface area (Å²) in [6, 6.07) is 6.97. The van der Waals surface area contributed by atoms with Crippen LogP contribution in [0.5, 0.6) is 0 Å². The van der Waals surface area contributed by atoms with Crippen molar-refractivity contribution in [1.82, 2.24) is 0 Å². The van der Waals surface area contributed by atoms with Crippen molar-refractivity contribution in [2.45, 2.75) is 6.92 Å². The first-order valence-corrected chi connectivity index (χ1v) is 7.91. The maximum atomic E-state index is 12.1. The van der Waals surface area contributed by atoms with E-state index in [4.69, 9.17) is 33.7 Å². The summed E-state index contributed by atoms with van der Waals surface area (Å²) in [6.45, 7) is 0.928. The number of nitro groups is 1. The van der Waals surface area contributed by atoms with E-state index in [0.29, 0.717) is 5.56 Å². The van der Waals surface area contributed by atoms with Gasteiger partial charge in [-0.15, -0.1) is 0 Å². The molecule has 2 aromatic carbocycles. The van der Waals surface area contributed by atoms with Crippen LogP contribution in [0.25, 0.3) is 0 Å². The van der Waals surface area contributed by atoms with Crippen molar-refractivity contribution in [3.8, 4) is 0 Å². The molecule has 0 heterocycles. The molecular weight excluding hydrogens is 385 g/mol. The highest BCUT2D eigenvalue weighted by Gasteiger charge is 2.20. The zero-order chi connectivity index (χ0) is 19.4.